The van der Waals surface area contributed by atoms with Gasteiger partial charge in [0.2, 0.25) is 5.91 Å². The van der Waals surface area contributed by atoms with E-state index in [9.17, 15) is 4.79 Å². The molecule has 1 heterocycles. The second-order valence-corrected chi connectivity index (χ2v) is 4.09. The Morgan fingerprint density at radius 2 is 2.13 bits per heavy atom. The maximum absolute atomic E-state index is 10.9. The zero-order chi connectivity index (χ0) is 10.8. The van der Waals surface area contributed by atoms with Crippen LogP contribution in [0.1, 0.15) is 11.7 Å². The first-order valence-corrected chi connectivity index (χ1v) is 5.25. The molecule has 1 aliphatic heterocycles. The summed E-state index contributed by atoms with van der Waals surface area (Å²) < 4.78 is 5.36. The van der Waals surface area contributed by atoms with E-state index in [1.165, 1.54) is 0 Å². The lowest BCUT2D eigenvalue weighted by molar-refractivity contribution is -0.133. The number of carbonyl (C=O) groups excluding carboxylic acids is 1. The lowest BCUT2D eigenvalue weighted by atomic mass is 10.1. The van der Waals surface area contributed by atoms with Gasteiger partial charge in [-0.1, -0.05) is 29.3 Å². The average Bonchev–Trinajstić information content (AvgIpc) is 2.23. The molecule has 1 amide bonds. The topological polar surface area (TPSA) is 38.3 Å². The maximum Gasteiger partial charge on any atom is 0.246 e. The van der Waals surface area contributed by atoms with E-state index in [1.807, 2.05) is 6.07 Å². The molecule has 0 aliphatic carbocycles. The van der Waals surface area contributed by atoms with Gasteiger partial charge in [0.15, 0.2) is 0 Å². The van der Waals surface area contributed by atoms with E-state index in [-0.39, 0.29) is 18.6 Å². The van der Waals surface area contributed by atoms with E-state index in [1.54, 1.807) is 12.1 Å². The molecular formula is C10H9Cl2NO2. The minimum absolute atomic E-state index is 0.0882. The number of rotatable bonds is 1. The van der Waals surface area contributed by atoms with E-state index >= 15 is 0 Å². The molecule has 3 nitrogen and oxygen atoms in total. The zero-order valence-corrected chi connectivity index (χ0v) is 9.31. The van der Waals surface area contributed by atoms with Crippen LogP contribution in [0.4, 0.5) is 0 Å². The van der Waals surface area contributed by atoms with Gasteiger partial charge in [0.25, 0.3) is 0 Å². The quantitative estimate of drug-likeness (QED) is 0.824. The third-order valence-electron chi connectivity index (χ3n) is 2.22. The van der Waals surface area contributed by atoms with E-state index in [2.05, 4.69) is 5.32 Å². The standard InChI is InChI=1S/C10H9Cl2NO2/c11-7-2-1-6(3-8(7)12)9-4-13-10(14)5-15-9/h1-3,9H,4-5H2,(H,13,14)/t9-/m1/s1. The van der Waals surface area contributed by atoms with Crippen LogP contribution in [-0.2, 0) is 9.53 Å². The molecule has 0 unspecified atom stereocenters. The van der Waals surface area contributed by atoms with Gasteiger partial charge in [-0.2, -0.15) is 0 Å². The van der Waals surface area contributed by atoms with Crippen LogP contribution >= 0.6 is 23.2 Å². The van der Waals surface area contributed by atoms with E-state index in [0.29, 0.717) is 16.6 Å². The van der Waals surface area contributed by atoms with Crippen LogP contribution in [-0.4, -0.2) is 19.1 Å². The molecule has 5 heteroatoms. The van der Waals surface area contributed by atoms with Gasteiger partial charge in [0.05, 0.1) is 10.0 Å². The minimum atomic E-state index is -0.141. The molecule has 0 aromatic heterocycles. The van der Waals surface area contributed by atoms with Crippen LogP contribution in [0.15, 0.2) is 18.2 Å². The number of amides is 1. The Labute approximate surface area is 97.3 Å². The fourth-order valence-corrected chi connectivity index (χ4v) is 1.73. The molecule has 1 saturated heterocycles. The molecule has 1 aliphatic rings. The number of benzene rings is 1. The predicted octanol–water partition coefficient (Wildman–Crippen LogP) is 2.18. The van der Waals surface area contributed by atoms with E-state index < -0.39 is 0 Å². The van der Waals surface area contributed by atoms with Crippen LogP contribution in [0.3, 0.4) is 0 Å². The van der Waals surface area contributed by atoms with Crippen molar-refractivity contribution in [2.45, 2.75) is 6.10 Å². The monoisotopic (exact) mass is 245 g/mol. The van der Waals surface area contributed by atoms with Crippen molar-refractivity contribution in [3.63, 3.8) is 0 Å². The molecule has 1 aromatic rings. The maximum atomic E-state index is 10.9. The summed E-state index contributed by atoms with van der Waals surface area (Å²) in [5.41, 5.74) is 0.921. The average molecular weight is 246 g/mol. The molecule has 80 valence electrons. The van der Waals surface area contributed by atoms with Crippen LogP contribution in [0.5, 0.6) is 0 Å². The largest absolute Gasteiger partial charge is 0.362 e. The van der Waals surface area contributed by atoms with Crippen LogP contribution < -0.4 is 5.32 Å². The first-order chi connectivity index (χ1) is 7.16. The smallest absolute Gasteiger partial charge is 0.246 e. The fraction of sp³-hybridized carbons (Fsp3) is 0.300. The molecular weight excluding hydrogens is 237 g/mol. The molecule has 2 rings (SSSR count). The molecule has 0 spiro atoms. The highest BCUT2D eigenvalue weighted by Gasteiger charge is 2.20. The molecule has 15 heavy (non-hydrogen) atoms. The summed E-state index contributed by atoms with van der Waals surface area (Å²) in [5, 5.41) is 3.73. The third-order valence-corrected chi connectivity index (χ3v) is 2.95. The molecule has 0 bridgehead atoms. The Morgan fingerprint density at radius 3 is 2.73 bits per heavy atom. The lowest BCUT2D eigenvalue weighted by Gasteiger charge is -2.23. The van der Waals surface area contributed by atoms with Gasteiger partial charge in [-0.15, -0.1) is 0 Å². The molecule has 1 fully saturated rings. The third kappa shape index (κ3) is 2.43. The Morgan fingerprint density at radius 1 is 1.33 bits per heavy atom. The van der Waals surface area contributed by atoms with Gasteiger partial charge in [0.1, 0.15) is 12.7 Å². The predicted molar refractivity (Wildman–Crippen MR) is 58.2 cm³/mol. The second kappa shape index (κ2) is 4.39. The van der Waals surface area contributed by atoms with Crippen molar-refractivity contribution < 1.29 is 9.53 Å². The van der Waals surface area contributed by atoms with Crippen molar-refractivity contribution >= 4 is 29.1 Å². The summed E-state index contributed by atoms with van der Waals surface area (Å²) in [6.45, 7) is 0.557. The highest BCUT2D eigenvalue weighted by Crippen LogP contribution is 2.27. The molecule has 0 radical (unpaired) electrons. The van der Waals surface area contributed by atoms with Crippen molar-refractivity contribution in [2.24, 2.45) is 0 Å². The normalized spacial score (nSPS) is 21.2. The summed E-state index contributed by atoms with van der Waals surface area (Å²) in [7, 11) is 0. The Kier molecular flexibility index (Phi) is 3.14. The first-order valence-electron chi connectivity index (χ1n) is 4.50. The molecule has 1 atom stereocenters. The Bertz CT molecular complexity index is 385. The number of halogens is 2. The summed E-state index contributed by atoms with van der Waals surface area (Å²) in [5.74, 6) is -0.0914. The van der Waals surface area contributed by atoms with E-state index in [4.69, 9.17) is 27.9 Å². The lowest BCUT2D eigenvalue weighted by Crippen LogP contribution is -2.38. The van der Waals surface area contributed by atoms with Gasteiger partial charge in [-0.25, -0.2) is 0 Å². The number of nitrogens with one attached hydrogen (secondary N) is 1. The molecule has 1 N–H and O–H groups in total. The number of hydrogen-bond donors (Lipinski definition) is 1. The van der Waals surface area contributed by atoms with Crippen molar-refractivity contribution in [1.29, 1.82) is 0 Å². The number of carbonyl (C=O) groups is 1. The fourth-order valence-electron chi connectivity index (χ4n) is 1.42. The highest BCUT2D eigenvalue weighted by atomic mass is 35.5. The van der Waals surface area contributed by atoms with Crippen molar-refractivity contribution in [1.82, 2.24) is 5.32 Å². The zero-order valence-electron chi connectivity index (χ0n) is 7.80. The summed E-state index contributed by atoms with van der Waals surface area (Å²) >= 11 is 11.7. The SMILES string of the molecule is O=C1CO[C@@H](c2ccc(Cl)c(Cl)c2)CN1. The molecule has 0 saturated carbocycles. The molecule has 1 aromatic carbocycles. The van der Waals surface area contributed by atoms with Crippen LogP contribution in [0.2, 0.25) is 10.0 Å². The van der Waals surface area contributed by atoms with Crippen LogP contribution in [0, 0.1) is 0 Å². The summed E-state index contributed by atoms with van der Waals surface area (Å²) in [4.78, 5) is 10.9. The van der Waals surface area contributed by atoms with Gasteiger partial charge in [-0.05, 0) is 17.7 Å². The second-order valence-electron chi connectivity index (χ2n) is 3.28. The van der Waals surface area contributed by atoms with Gasteiger partial charge >= 0.3 is 0 Å². The van der Waals surface area contributed by atoms with Gasteiger partial charge in [-0.3, -0.25) is 4.79 Å². The van der Waals surface area contributed by atoms with Crippen molar-refractivity contribution in [3.8, 4) is 0 Å². The van der Waals surface area contributed by atoms with E-state index in [0.717, 1.165) is 5.56 Å². The summed E-state index contributed by atoms with van der Waals surface area (Å²) in [6.07, 6.45) is -0.141. The van der Waals surface area contributed by atoms with Crippen molar-refractivity contribution in [2.75, 3.05) is 13.2 Å². The van der Waals surface area contributed by atoms with Gasteiger partial charge in [0, 0.05) is 6.54 Å². The highest BCUT2D eigenvalue weighted by molar-refractivity contribution is 6.42. The van der Waals surface area contributed by atoms with Crippen LogP contribution in [0.25, 0.3) is 0 Å². The first kappa shape index (κ1) is 10.7. The Hall–Kier alpha value is -0.770. The van der Waals surface area contributed by atoms with Gasteiger partial charge < -0.3 is 10.1 Å². The number of ether oxygens (including phenoxy) is 1. The minimum Gasteiger partial charge on any atom is -0.362 e. The van der Waals surface area contributed by atoms with Crippen molar-refractivity contribution in [3.05, 3.63) is 33.8 Å². The number of hydrogen-bond acceptors (Lipinski definition) is 2. The number of morpholine rings is 1. The Balaban J connectivity index is 2.16. The summed E-state index contributed by atoms with van der Waals surface area (Å²) in [6, 6.07) is 5.32.